The third kappa shape index (κ3) is 9.79. The average Bonchev–Trinajstić information content (AvgIpc) is 2.78. The summed E-state index contributed by atoms with van der Waals surface area (Å²) in [5.41, 5.74) is 0. The Morgan fingerprint density at radius 1 is 0.688 bits per heavy atom. The van der Waals surface area contributed by atoms with Crippen molar-refractivity contribution in [2.45, 2.75) is 51.7 Å². The largest absolute Gasteiger partial charge is 0.481 e. The molecular weight excluding hydrogens is 451 g/mol. The highest BCUT2D eigenvalue weighted by molar-refractivity contribution is 6.30. The van der Waals surface area contributed by atoms with Crippen LogP contribution in [0.25, 0.3) is 0 Å². The molecule has 8 heteroatoms. The molecule has 0 aliphatic carbocycles. The number of hydrogen-bond donors (Lipinski definition) is 2. The Morgan fingerprint density at radius 2 is 1.03 bits per heavy atom. The highest BCUT2D eigenvalue weighted by Gasteiger charge is 2.15. The van der Waals surface area contributed by atoms with Crippen molar-refractivity contribution in [2.75, 3.05) is 13.1 Å². The van der Waals surface area contributed by atoms with E-state index in [1.54, 1.807) is 62.4 Å². The summed E-state index contributed by atoms with van der Waals surface area (Å²) in [5, 5.41) is 7.00. The number of amides is 2. The van der Waals surface area contributed by atoms with Crippen LogP contribution in [0.2, 0.25) is 10.0 Å². The molecular formula is C24H30Cl2N2O4. The maximum Gasteiger partial charge on any atom is 0.260 e. The number of benzene rings is 2. The van der Waals surface area contributed by atoms with E-state index < -0.39 is 12.2 Å². The summed E-state index contributed by atoms with van der Waals surface area (Å²) >= 11 is 11.7. The van der Waals surface area contributed by atoms with Crippen molar-refractivity contribution in [3.05, 3.63) is 58.6 Å². The van der Waals surface area contributed by atoms with Crippen LogP contribution >= 0.6 is 23.2 Å². The highest BCUT2D eigenvalue weighted by atomic mass is 35.5. The van der Waals surface area contributed by atoms with Crippen molar-refractivity contribution in [3.8, 4) is 11.5 Å². The number of carbonyl (C=O) groups excluding carboxylic acids is 2. The normalized spacial score (nSPS) is 12.5. The van der Waals surface area contributed by atoms with Gasteiger partial charge in [-0.1, -0.05) is 36.0 Å². The molecule has 2 amide bonds. The fourth-order valence-electron chi connectivity index (χ4n) is 2.86. The Hall–Kier alpha value is -2.44. The van der Waals surface area contributed by atoms with Crippen molar-refractivity contribution in [2.24, 2.45) is 0 Å². The Balaban J connectivity index is 1.49. The van der Waals surface area contributed by atoms with Gasteiger partial charge in [-0.3, -0.25) is 9.59 Å². The topological polar surface area (TPSA) is 76.7 Å². The van der Waals surface area contributed by atoms with Gasteiger partial charge in [0.25, 0.3) is 11.8 Å². The molecule has 0 aliphatic rings. The molecule has 0 fully saturated rings. The van der Waals surface area contributed by atoms with Gasteiger partial charge in [0.2, 0.25) is 0 Å². The van der Waals surface area contributed by atoms with E-state index in [9.17, 15) is 9.59 Å². The van der Waals surface area contributed by atoms with Gasteiger partial charge >= 0.3 is 0 Å². The molecule has 6 nitrogen and oxygen atoms in total. The summed E-state index contributed by atoms with van der Waals surface area (Å²) in [6, 6.07) is 13.8. The van der Waals surface area contributed by atoms with Crippen LogP contribution in [0, 0.1) is 0 Å². The van der Waals surface area contributed by atoms with Gasteiger partial charge < -0.3 is 20.1 Å². The van der Waals surface area contributed by atoms with E-state index in [1.165, 1.54) is 0 Å². The molecule has 32 heavy (non-hydrogen) atoms. The molecule has 2 unspecified atom stereocenters. The average molecular weight is 481 g/mol. The smallest absolute Gasteiger partial charge is 0.260 e. The number of ether oxygens (including phenoxy) is 2. The van der Waals surface area contributed by atoms with Crippen LogP contribution in [-0.2, 0) is 9.59 Å². The van der Waals surface area contributed by atoms with Gasteiger partial charge in [-0.05, 0) is 75.2 Å². The Labute approximate surface area is 199 Å². The molecule has 2 N–H and O–H groups in total. The SMILES string of the molecule is CC(Oc1ccc(Cl)cc1)C(=O)NCCCCCCNC(=O)C(C)Oc1ccc(Cl)cc1. The van der Waals surface area contributed by atoms with Crippen molar-refractivity contribution < 1.29 is 19.1 Å². The van der Waals surface area contributed by atoms with E-state index in [0.717, 1.165) is 25.7 Å². The lowest BCUT2D eigenvalue weighted by molar-refractivity contribution is -0.128. The zero-order valence-electron chi connectivity index (χ0n) is 18.4. The maximum atomic E-state index is 12.1. The lowest BCUT2D eigenvalue weighted by atomic mass is 10.2. The second kappa shape index (κ2) is 13.9. The first-order valence-electron chi connectivity index (χ1n) is 10.7. The molecule has 0 radical (unpaired) electrons. The van der Waals surface area contributed by atoms with E-state index >= 15 is 0 Å². The number of halogens is 2. The first kappa shape index (κ1) is 25.8. The first-order valence-corrected chi connectivity index (χ1v) is 11.5. The number of hydrogen-bond acceptors (Lipinski definition) is 4. The number of carbonyl (C=O) groups is 2. The van der Waals surface area contributed by atoms with Crippen LogP contribution in [0.15, 0.2) is 48.5 Å². The van der Waals surface area contributed by atoms with Gasteiger partial charge in [-0.2, -0.15) is 0 Å². The molecule has 2 rings (SSSR count). The van der Waals surface area contributed by atoms with Crippen LogP contribution < -0.4 is 20.1 Å². The van der Waals surface area contributed by atoms with Crippen LogP contribution in [0.3, 0.4) is 0 Å². The van der Waals surface area contributed by atoms with Gasteiger partial charge in [-0.25, -0.2) is 0 Å². The summed E-state index contributed by atoms with van der Waals surface area (Å²) in [5.74, 6) is 0.905. The lowest BCUT2D eigenvalue weighted by Crippen LogP contribution is -2.37. The summed E-state index contributed by atoms with van der Waals surface area (Å²) in [4.78, 5) is 24.2. The number of rotatable bonds is 13. The van der Waals surface area contributed by atoms with E-state index in [2.05, 4.69) is 10.6 Å². The van der Waals surface area contributed by atoms with Crippen molar-refractivity contribution >= 4 is 35.0 Å². The van der Waals surface area contributed by atoms with Crippen LogP contribution in [0.1, 0.15) is 39.5 Å². The molecule has 0 spiro atoms. The molecule has 0 saturated carbocycles. The van der Waals surface area contributed by atoms with Gasteiger partial charge in [0, 0.05) is 23.1 Å². The lowest BCUT2D eigenvalue weighted by Gasteiger charge is -2.15. The highest BCUT2D eigenvalue weighted by Crippen LogP contribution is 2.17. The van der Waals surface area contributed by atoms with E-state index in [1.807, 2.05) is 0 Å². The molecule has 0 bridgehead atoms. The van der Waals surface area contributed by atoms with E-state index in [0.29, 0.717) is 34.6 Å². The predicted molar refractivity (Wildman–Crippen MR) is 128 cm³/mol. The molecule has 0 heterocycles. The summed E-state index contributed by atoms with van der Waals surface area (Å²) < 4.78 is 11.2. The minimum Gasteiger partial charge on any atom is -0.481 e. The van der Waals surface area contributed by atoms with Crippen LogP contribution in [0.5, 0.6) is 11.5 Å². The van der Waals surface area contributed by atoms with Gasteiger partial charge in [0.15, 0.2) is 12.2 Å². The maximum absolute atomic E-state index is 12.1. The molecule has 0 saturated heterocycles. The zero-order chi connectivity index (χ0) is 23.3. The number of nitrogens with one attached hydrogen (secondary N) is 2. The van der Waals surface area contributed by atoms with Gasteiger partial charge in [0.1, 0.15) is 11.5 Å². The Morgan fingerprint density at radius 3 is 1.38 bits per heavy atom. The zero-order valence-corrected chi connectivity index (χ0v) is 19.9. The molecule has 2 aromatic rings. The third-order valence-electron chi connectivity index (χ3n) is 4.69. The summed E-state index contributed by atoms with van der Waals surface area (Å²) in [6.45, 7) is 4.60. The third-order valence-corrected chi connectivity index (χ3v) is 5.20. The molecule has 2 atom stereocenters. The number of unbranched alkanes of at least 4 members (excludes halogenated alkanes) is 3. The fourth-order valence-corrected chi connectivity index (χ4v) is 3.11. The van der Waals surface area contributed by atoms with Crippen molar-refractivity contribution in [1.82, 2.24) is 10.6 Å². The van der Waals surface area contributed by atoms with Gasteiger partial charge in [0.05, 0.1) is 0 Å². The first-order chi connectivity index (χ1) is 15.3. The summed E-state index contributed by atoms with van der Waals surface area (Å²) in [6.07, 6.45) is 2.48. The van der Waals surface area contributed by atoms with E-state index in [-0.39, 0.29) is 11.8 Å². The predicted octanol–water partition coefficient (Wildman–Crippen LogP) is 5.02. The molecule has 174 valence electrons. The molecule has 2 aromatic carbocycles. The minimum absolute atomic E-state index is 0.151. The summed E-state index contributed by atoms with van der Waals surface area (Å²) in [7, 11) is 0. The monoisotopic (exact) mass is 480 g/mol. The molecule has 0 aliphatic heterocycles. The minimum atomic E-state index is -0.580. The quantitative estimate of drug-likeness (QED) is 0.394. The second-order valence-electron chi connectivity index (χ2n) is 7.42. The molecule has 0 aromatic heterocycles. The fraction of sp³-hybridized carbons (Fsp3) is 0.417. The van der Waals surface area contributed by atoms with E-state index in [4.69, 9.17) is 32.7 Å². The van der Waals surface area contributed by atoms with Gasteiger partial charge in [-0.15, -0.1) is 0 Å². The van der Waals surface area contributed by atoms with Crippen molar-refractivity contribution in [3.63, 3.8) is 0 Å². The second-order valence-corrected chi connectivity index (χ2v) is 8.30. The Bertz CT molecular complexity index is 773. The van der Waals surface area contributed by atoms with Crippen molar-refractivity contribution in [1.29, 1.82) is 0 Å². The van der Waals surface area contributed by atoms with Crippen LogP contribution in [-0.4, -0.2) is 37.1 Å². The Kier molecular flexibility index (Phi) is 11.2. The van der Waals surface area contributed by atoms with Crippen LogP contribution in [0.4, 0.5) is 0 Å². The standard InChI is InChI=1S/C24H30Cl2N2O4/c1-17(31-21-11-7-19(25)8-12-21)23(29)27-15-5-3-4-6-16-28-24(30)18(2)32-22-13-9-20(26)10-14-22/h7-14,17-18H,3-6,15-16H2,1-2H3,(H,27,29)(H,28,30).